The molecule has 0 saturated carbocycles. The van der Waals surface area contributed by atoms with E-state index < -0.39 is 6.04 Å². The molecule has 0 bridgehead atoms. The lowest BCUT2D eigenvalue weighted by atomic mass is 10.1. The van der Waals surface area contributed by atoms with Gasteiger partial charge in [0.15, 0.2) is 0 Å². The molecule has 3 N–H and O–H groups in total. The van der Waals surface area contributed by atoms with E-state index in [0.29, 0.717) is 25.1 Å². The minimum absolute atomic E-state index is 0.168. The van der Waals surface area contributed by atoms with E-state index in [1.165, 1.54) is 0 Å². The molecule has 0 unspecified atom stereocenters. The fourth-order valence-electron chi connectivity index (χ4n) is 3.06. The summed E-state index contributed by atoms with van der Waals surface area (Å²) < 4.78 is 1.79. The molecule has 1 aromatic carbocycles. The molecule has 1 saturated heterocycles. The Morgan fingerprint density at radius 2 is 2.21 bits per heavy atom. The van der Waals surface area contributed by atoms with Crippen LogP contribution in [0.1, 0.15) is 22.3 Å². The summed E-state index contributed by atoms with van der Waals surface area (Å²) in [5, 5.41) is 6.78. The Hall–Kier alpha value is -2.67. The molecule has 24 heavy (non-hydrogen) atoms. The second-order valence-corrected chi connectivity index (χ2v) is 5.99. The number of nitrogens with two attached hydrogens (primary N) is 1. The molecule has 3 rings (SSSR count). The van der Waals surface area contributed by atoms with Crippen molar-refractivity contribution in [2.24, 2.45) is 5.73 Å². The van der Waals surface area contributed by atoms with Crippen molar-refractivity contribution < 1.29 is 9.59 Å². The van der Waals surface area contributed by atoms with Crippen LogP contribution in [0.3, 0.4) is 0 Å². The first kappa shape index (κ1) is 16.2. The molecule has 0 aliphatic carbocycles. The molecular weight excluding hydrogens is 306 g/mol. The van der Waals surface area contributed by atoms with Crippen molar-refractivity contribution >= 4 is 11.8 Å². The molecule has 1 aromatic heterocycles. The number of carbonyl (C=O) groups excluding carboxylic acids is 2. The van der Waals surface area contributed by atoms with Gasteiger partial charge in [-0.05, 0) is 30.2 Å². The summed E-state index contributed by atoms with van der Waals surface area (Å²) in [4.78, 5) is 26.4. The molecule has 0 radical (unpaired) electrons. The van der Waals surface area contributed by atoms with Crippen LogP contribution in [0.4, 0.5) is 0 Å². The summed E-state index contributed by atoms with van der Waals surface area (Å²) in [6.45, 7) is 0.979. The van der Waals surface area contributed by atoms with E-state index in [9.17, 15) is 9.59 Å². The van der Waals surface area contributed by atoms with Gasteiger partial charge in [0, 0.05) is 37.6 Å². The van der Waals surface area contributed by atoms with E-state index in [-0.39, 0.29) is 17.9 Å². The van der Waals surface area contributed by atoms with Gasteiger partial charge in [0.05, 0.1) is 6.54 Å². The summed E-state index contributed by atoms with van der Waals surface area (Å²) >= 11 is 0. The zero-order valence-corrected chi connectivity index (χ0v) is 13.6. The third kappa shape index (κ3) is 3.30. The second-order valence-electron chi connectivity index (χ2n) is 5.99. The summed E-state index contributed by atoms with van der Waals surface area (Å²) in [5.41, 5.74) is 7.49. The molecule has 7 nitrogen and oxygen atoms in total. The largest absolute Gasteiger partial charge is 0.357 e. The summed E-state index contributed by atoms with van der Waals surface area (Å²) in [6, 6.07) is 8.57. The quantitative estimate of drug-likeness (QED) is 0.840. The van der Waals surface area contributed by atoms with Gasteiger partial charge < -0.3 is 16.0 Å². The van der Waals surface area contributed by atoms with Crippen LogP contribution < -0.4 is 11.1 Å². The van der Waals surface area contributed by atoms with E-state index in [0.717, 1.165) is 5.56 Å². The summed E-state index contributed by atoms with van der Waals surface area (Å²) in [6.07, 6.45) is 4.07. The Kier molecular flexibility index (Phi) is 4.61. The Labute approximate surface area is 140 Å². The smallest absolute Gasteiger partial charge is 0.254 e. The number of likely N-dealkylation sites (N-methyl/N-ethyl adjacent to an activating group) is 1. The van der Waals surface area contributed by atoms with E-state index in [4.69, 9.17) is 5.73 Å². The van der Waals surface area contributed by atoms with E-state index in [2.05, 4.69) is 10.4 Å². The van der Waals surface area contributed by atoms with Crippen LogP contribution in [0, 0.1) is 0 Å². The fourth-order valence-corrected chi connectivity index (χ4v) is 3.06. The second kappa shape index (κ2) is 6.84. The van der Waals surface area contributed by atoms with Gasteiger partial charge in [-0.2, -0.15) is 5.10 Å². The number of rotatable bonds is 4. The van der Waals surface area contributed by atoms with E-state index >= 15 is 0 Å². The molecule has 0 spiro atoms. The maximum atomic E-state index is 12.8. The van der Waals surface area contributed by atoms with Crippen LogP contribution in [0.5, 0.6) is 0 Å². The number of amides is 2. The monoisotopic (exact) mass is 327 g/mol. The zero-order valence-electron chi connectivity index (χ0n) is 13.6. The lowest BCUT2D eigenvalue weighted by Gasteiger charge is -2.23. The maximum Gasteiger partial charge on any atom is 0.254 e. The van der Waals surface area contributed by atoms with Gasteiger partial charge in [0.2, 0.25) is 5.91 Å². The van der Waals surface area contributed by atoms with Crippen molar-refractivity contribution in [1.29, 1.82) is 0 Å². The minimum atomic E-state index is -0.507. The SMILES string of the molecule is CNC(=O)[C@@H]1C[C@@H](N)CN1C(=O)c1cccc(Cn2cccn2)c1. The maximum absolute atomic E-state index is 12.8. The highest BCUT2D eigenvalue weighted by Gasteiger charge is 2.38. The third-order valence-electron chi connectivity index (χ3n) is 4.22. The average molecular weight is 327 g/mol. The number of nitrogens with zero attached hydrogens (tertiary/aromatic N) is 3. The molecule has 7 heteroatoms. The van der Waals surface area contributed by atoms with E-state index in [1.54, 1.807) is 28.9 Å². The van der Waals surface area contributed by atoms with Crippen molar-refractivity contribution in [2.75, 3.05) is 13.6 Å². The summed E-state index contributed by atoms with van der Waals surface area (Å²) in [7, 11) is 1.57. The lowest BCUT2D eigenvalue weighted by molar-refractivity contribution is -0.124. The number of carbonyl (C=O) groups is 2. The normalized spacial score (nSPS) is 20.2. The predicted molar refractivity (Wildman–Crippen MR) is 89.3 cm³/mol. The number of benzene rings is 1. The lowest BCUT2D eigenvalue weighted by Crippen LogP contribution is -2.45. The molecule has 2 aromatic rings. The Balaban J connectivity index is 1.80. The van der Waals surface area contributed by atoms with Crippen molar-refractivity contribution in [2.45, 2.75) is 25.0 Å². The van der Waals surface area contributed by atoms with Gasteiger partial charge in [-0.15, -0.1) is 0 Å². The average Bonchev–Trinajstić information content (AvgIpc) is 3.23. The van der Waals surface area contributed by atoms with Crippen molar-refractivity contribution in [3.63, 3.8) is 0 Å². The highest BCUT2D eigenvalue weighted by molar-refractivity contribution is 5.98. The van der Waals surface area contributed by atoms with Crippen molar-refractivity contribution in [1.82, 2.24) is 20.0 Å². The Morgan fingerprint density at radius 3 is 2.92 bits per heavy atom. The first-order chi connectivity index (χ1) is 11.6. The minimum Gasteiger partial charge on any atom is -0.357 e. The van der Waals surface area contributed by atoms with Gasteiger partial charge in [-0.1, -0.05) is 12.1 Å². The molecular formula is C17H21N5O2. The molecule has 2 amide bonds. The third-order valence-corrected chi connectivity index (χ3v) is 4.22. The summed E-state index contributed by atoms with van der Waals surface area (Å²) in [5.74, 6) is -0.345. The van der Waals surface area contributed by atoms with Gasteiger partial charge in [0.25, 0.3) is 5.91 Å². The van der Waals surface area contributed by atoms with Crippen LogP contribution in [0.25, 0.3) is 0 Å². The molecule has 1 fully saturated rings. The Bertz CT molecular complexity index is 728. The first-order valence-corrected chi connectivity index (χ1v) is 7.93. The van der Waals surface area contributed by atoms with Gasteiger partial charge in [-0.25, -0.2) is 0 Å². The number of aromatic nitrogens is 2. The predicted octanol–water partition coefficient (Wildman–Crippen LogP) is 0.219. The number of nitrogens with one attached hydrogen (secondary N) is 1. The first-order valence-electron chi connectivity index (χ1n) is 7.93. The highest BCUT2D eigenvalue weighted by atomic mass is 16.2. The highest BCUT2D eigenvalue weighted by Crippen LogP contribution is 2.20. The van der Waals surface area contributed by atoms with Crippen LogP contribution in [0.15, 0.2) is 42.7 Å². The number of likely N-dealkylation sites (tertiary alicyclic amines) is 1. The van der Waals surface area contributed by atoms with Crippen LogP contribution >= 0.6 is 0 Å². The number of hydrogen-bond donors (Lipinski definition) is 2. The zero-order chi connectivity index (χ0) is 17.1. The van der Waals surface area contributed by atoms with Crippen LogP contribution in [-0.2, 0) is 11.3 Å². The topological polar surface area (TPSA) is 93.3 Å². The number of hydrogen-bond acceptors (Lipinski definition) is 4. The molecule has 2 atom stereocenters. The Morgan fingerprint density at radius 1 is 1.38 bits per heavy atom. The van der Waals surface area contributed by atoms with Gasteiger partial charge in [0.1, 0.15) is 6.04 Å². The molecule has 1 aliphatic heterocycles. The van der Waals surface area contributed by atoms with Crippen molar-refractivity contribution in [3.05, 3.63) is 53.9 Å². The van der Waals surface area contributed by atoms with Crippen molar-refractivity contribution in [3.8, 4) is 0 Å². The molecule has 126 valence electrons. The standard InChI is InChI=1S/C17H21N5O2/c1-19-16(23)15-9-14(18)11-22(15)17(24)13-5-2-4-12(8-13)10-21-7-3-6-20-21/h2-8,14-15H,9-11,18H2,1H3,(H,19,23)/t14-,15+/m1/s1. The van der Waals surface area contributed by atoms with Gasteiger partial charge in [-0.3, -0.25) is 14.3 Å². The van der Waals surface area contributed by atoms with E-state index in [1.807, 2.05) is 30.5 Å². The molecule has 2 heterocycles. The van der Waals surface area contributed by atoms with Crippen LogP contribution in [0.2, 0.25) is 0 Å². The van der Waals surface area contributed by atoms with Crippen LogP contribution in [-0.4, -0.2) is 52.2 Å². The fraction of sp³-hybridized carbons (Fsp3) is 0.353. The van der Waals surface area contributed by atoms with Gasteiger partial charge >= 0.3 is 0 Å². The molecule has 1 aliphatic rings.